The van der Waals surface area contributed by atoms with Gasteiger partial charge < -0.3 is 15.0 Å². The van der Waals surface area contributed by atoms with E-state index in [-0.39, 0.29) is 5.91 Å². The smallest absolute Gasteiger partial charge is 0.222 e. The summed E-state index contributed by atoms with van der Waals surface area (Å²) in [5, 5.41) is 3.05. The van der Waals surface area contributed by atoms with Crippen LogP contribution in [-0.4, -0.2) is 51.2 Å². The fourth-order valence-corrected chi connectivity index (χ4v) is 1.53. The zero-order valence-corrected chi connectivity index (χ0v) is 11.1. The molecule has 0 atom stereocenters. The molecule has 4 heteroatoms. The molecule has 0 aromatic carbocycles. The van der Waals surface area contributed by atoms with Gasteiger partial charge in [0.05, 0.1) is 6.61 Å². The number of nitrogens with zero attached hydrogens (tertiary/aromatic N) is 1. The first kappa shape index (κ1) is 15.4. The number of ether oxygens (including phenoxy) is 1. The van der Waals surface area contributed by atoms with Crippen molar-refractivity contribution in [2.75, 3.05) is 40.4 Å². The van der Waals surface area contributed by atoms with E-state index < -0.39 is 0 Å². The first-order valence-electron chi connectivity index (χ1n) is 6.03. The van der Waals surface area contributed by atoms with E-state index in [1.807, 2.05) is 11.9 Å². The van der Waals surface area contributed by atoms with Crippen LogP contribution in [-0.2, 0) is 9.53 Å². The number of carbonyl (C=O) groups excluding carboxylic acids is 1. The SMILES string of the molecule is CNCCCC(=O)N(CCOC)CC(C)C. The molecule has 16 heavy (non-hydrogen) atoms. The van der Waals surface area contributed by atoms with E-state index in [1.165, 1.54) is 0 Å². The molecule has 0 saturated carbocycles. The number of amides is 1. The quantitative estimate of drug-likeness (QED) is 0.603. The normalized spacial score (nSPS) is 10.8. The third-order valence-electron chi connectivity index (χ3n) is 2.32. The van der Waals surface area contributed by atoms with E-state index in [0.29, 0.717) is 25.5 Å². The summed E-state index contributed by atoms with van der Waals surface area (Å²) >= 11 is 0. The molecule has 0 radical (unpaired) electrons. The average Bonchev–Trinajstić information content (AvgIpc) is 2.23. The van der Waals surface area contributed by atoms with Crippen molar-refractivity contribution in [1.29, 1.82) is 0 Å². The maximum absolute atomic E-state index is 11.9. The standard InChI is InChI=1S/C12H26N2O2/c1-11(2)10-14(8-9-16-4)12(15)6-5-7-13-3/h11,13H,5-10H2,1-4H3. The van der Waals surface area contributed by atoms with E-state index in [2.05, 4.69) is 19.2 Å². The maximum Gasteiger partial charge on any atom is 0.222 e. The van der Waals surface area contributed by atoms with Crippen molar-refractivity contribution < 1.29 is 9.53 Å². The van der Waals surface area contributed by atoms with Crippen LogP contribution in [0.15, 0.2) is 0 Å². The second kappa shape index (κ2) is 9.60. The predicted molar refractivity (Wildman–Crippen MR) is 66.5 cm³/mol. The van der Waals surface area contributed by atoms with Gasteiger partial charge in [0.25, 0.3) is 0 Å². The van der Waals surface area contributed by atoms with E-state index in [0.717, 1.165) is 19.5 Å². The molecule has 0 heterocycles. The summed E-state index contributed by atoms with van der Waals surface area (Å²) in [5.41, 5.74) is 0. The minimum Gasteiger partial charge on any atom is -0.383 e. The summed E-state index contributed by atoms with van der Waals surface area (Å²) in [6, 6.07) is 0. The third kappa shape index (κ3) is 7.65. The Bertz CT molecular complexity index is 184. The van der Waals surface area contributed by atoms with E-state index in [4.69, 9.17) is 4.74 Å². The van der Waals surface area contributed by atoms with Gasteiger partial charge in [-0.15, -0.1) is 0 Å². The van der Waals surface area contributed by atoms with E-state index >= 15 is 0 Å². The molecule has 0 aromatic rings. The number of rotatable bonds is 9. The minimum atomic E-state index is 0.237. The monoisotopic (exact) mass is 230 g/mol. The second-order valence-corrected chi connectivity index (χ2v) is 4.43. The van der Waals surface area contributed by atoms with E-state index in [1.54, 1.807) is 7.11 Å². The van der Waals surface area contributed by atoms with Crippen molar-refractivity contribution in [1.82, 2.24) is 10.2 Å². The second-order valence-electron chi connectivity index (χ2n) is 4.43. The molecule has 0 aliphatic heterocycles. The number of nitrogens with one attached hydrogen (secondary N) is 1. The Balaban J connectivity index is 3.99. The zero-order chi connectivity index (χ0) is 12.4. The van der Waals surface area contributed by atoms with Crippen molar-refractivity contribution in [2.45, 2.75) is 26.7 Å². The van der Waals surface area contributed by atoms with Crippen LogP contribution in [0.2, 0.25) is 0 Å². The molecule has 0 rings (SSSR count). The largest absolute Gasteiger partial charge is 0.383 e. The van der Waals surface area contributed by atoms with Crippen LogP contribution >= 0.6 is 0 Å². The molecular weight excluding hydrogens is 204 g/mol. The van der Waals surface area contributed by atoms with Crippen LogP contribution in [0.25, 0.3) is 0 Å². The molecular formula is C12H26N2O2. The fourth-order valence-electron chi connectivity index (χ4n) is 1.53. The van der Waals surface area contributed by atoms with Crippen molar-refractivity contribution in [3.63, 3.8) is 0 Å². The van der Waals surface area contributed by atoms with Gasteiger partial charge in [-0.25, -0.2) is 0 Å². The molecule has 1 amide bonds. The Morgan fingerprint density at radius 1 is 1.44 bits per heavy atom. The molecule has 0 saturated heterocycles. The molecule has 0 unspecified atom stereocenters. The Labute approximate surface area is 99.3 Å². The predicted octanol–water partition coefficient (Wildman–Crippen LogP) is 1.12. The van der Waals surface area contributed by atoms with Crippen LogP contribution in [0.5, 0.6) is 0 Å². The van der Waals surface area contributed by atoms with Crippen molar-refractivity contribution in [3.8, 4) is 0 Å². The van der Waals surface area contributed by atoms with Gasteiger partial charge in [-0.3, -0.25) is 4.79 Å². The Hall–Kier alpha value is -0.610. The lowest BCUT2D eigenvalue weighted by Gasteiger charge is -2.24. The third-order valence-corrected chi connectivity index (χ3v) is 2.32. The average molecular weight is 230 g/mol. The van der Waals surface area contributed by atoms with Gasteiger partial charge in [0.2, 0.25) is 5.91 Å². The molecule has 0 aromatic heterocycles. The van der Waals surface area contributed by atoms with Gasteiger partial charge >= 0.3 is 0 Å². The zero-order valence-electron chi connectivity index (χ0n) is 11.1. The summed E-state index contributed by atoms with van der Waals surface area (Å²) < 4.78 is 5.02. The lowest BCUT2D eigenvalue weighted by Crippen LogP contribution is -2.36. The first-order valence-corrected chi connectivity index (χ1v) is 6.03. The summed E-state index contributed by atoms with van der Waals surface area (Å²) in [7, 11) is 3.57. The molecule has 0 bridgehead atoms. The van der Waals surface area contributed by atoms with Crippen molar-refractivity contribution in [2.24, 2.45) is 5.92 Å². The molecule has 0 fully saturated rings. The van der Waals surface area contributed by atoms with Gasteiger partial charge in [0.1, 0.15) is 0 Å². The lowest BCUT2D eigenvalue weighted by molar-refractivity contribution is -0.132. The van der Waals surface area contributed by atoms with Crippen LogP contribution in [0.1, 0.15) is 26.7 Å². The Kier molecular flexibility index (Phi) is 9.24. The van der Waals surface area contributed by atoms with Gasteiger partial charge in [-0.05, 0) is 25.9 Å². The number of hydrogen-bond acceptors (Lipinski definition) is 3. The summed E-state index contributed by atoms with van der Waals surface area (Å²) in [6.45, 7) is 7.28. The van der Waals surface area contributed by atoms with Crippen LogP contribution in [0.4, 0.5) is 0 Å². The topological polar surface area (TPSA) is 41.6 Å². The number of carbonyl (C=O) groups is 1. The molecule has 96 valence electrons. The molecule has 0 aliphatic carbocycles. The molecule has 0 aliphatic rings. The highest BCUT2D eigenvalue weighted by atomic mass is 16.5. The van der Waals surface area contributed by atoms with Crippen molar-refractivity contribution in [3.05, 3.63) is 0 Å². The molecule has 4 nitrogen and oxygen atoms in total. The van der Waals surface area contributed by atoms with Crippen LogP contribution < -0.4 is 5.32 Å². The lowest BCUT2D eigenvalue weighted by atomic mass is 10.2. The number of methoxy groups -OCH3 is 1. The first-order chi connectivity index (χ1) is 7.61. The highest BCUT2D eigenvalue weighted by molar-refractivity contribution is 5.76. The Morgan fingerprint density at radius 2 is 2.12 bits per heavy atom. The Morgan fingerprint density at radius 3 is 2.62 bits per heavy atom. The van der Waals surface area contributed by atoms with Gasteiger partial charge in [0.15, 0.2) is 0 Å². The number of hydrogen-bond donors (Lipinski definition) is 1. The maximum atomic E-state index is 11.9. The van der Waals surface area contributed by atoms with Crippen molar-refractivity contribution >= 4 is 5.91 Å². The molecule has 1 N–H and O–H groups in total. The van der Waals surface area contributed by atoms with Gasteiger partial charge in [0, 0.05) is 26.6 Å². The fraction of sp³-hybridized carbons (Fsp3) is 0.917. The van der Waals surface area contributed by atoms with Crippen LogP contribution in [0.3, 0.4) is 0 Å². The summed E-state index contributed by atoms with van der Waals surface area (Å²) in [6.07, 6.45) is 1.52. The summed E-state index contributed by atoms with van der Waals surface area (Å²) in [5.74, 6) is 0.742. The minimum absolute atomic E-state index is 0.237. The molecule has 0 spiro atoms. The summed E-state index contributed by atoms with van der Waals surface area (Å²) in [4.78, 5) is 13.8. The highest BCUT2D eigenvalue weighted by Gasteiger charge is 2.13. The van der Waals surface area contributed by atoms with Gasteiger partial charge in [-0.1, -0.05) is 13.8 Å². The van der Waals surface area contributed by atoms with Crippen LogP contribution in [0, 0.1) is 5.92 Å². The van der Waals surface area contributed by atoms with Gasteiger partial charge in [-0.2, -0.15) is 0 Å². The highest BCUT2D eigenvalue weighted by Crippen LogP contribution is 2.03. The van der Waals surface area contributed by atoms with E-state index in [9.17, 15) is 4.79 Å².